The molecule has 1 aromatic carbocycles. The molecule has 78 valence electrons. The zero-order chi connectivity index (χ0) is 10.7. The molecule has 0 spiro atoms. The van der Waals surface area contributed by atoms with Crippen LogP contribution < -0.4 is 0 Å². The van der Waals surface area contributed by atoms with Crippen LogP contribution in [0.4, 0.5) is 0 Å². The van der Waals surface area contributed by atoms with Gasteiger partial charge in [0.2, 0.25) is 0 Å². The first kappa shape index (κ1) is 10.2. The van der Waals surface area contributed by atoms with Crippen molar-refractivity contribution >= 4 is 6.29 Å². The van der Waals surface area contributed by atoms with Gasteiger partial charge in [0.05, 0.1) is 0 Å². The first-order valence-electron chi connectivity index (χ1n) is 5.50. The van der Waals surface area contributed by atoms with Crippen molar-refractivity contribution in [3.05, 3.63) is 47.5 Å². The average molecular weight is 200 g/mol. The van der Waals surface area contributed by atoms with Gasteiger partial charge in [-0.05, 0) is 25.3 Å². The molecule has 1 aliphatic carbocycles. The molecule has 0 fully saturated rings. The summed E-state index contributed by atoms with van der Waals surface area (Å²) in [6.45, 7) is 2.12. The molecule has 15 heavy (non-hydrogen) atoms. The maximum atomic E-state index is 10.6. The summed E-state index contributed by atoms with van der Waals surface area (Å²) in [7, 11) is 0. The second-order valence-corrected chi connectivity index (χ2v) is 4.28. The standard InChI is InChI=1S/C14H16O/c1-11-3-2-4-14(9-11)13-7-5-12(10-15)6-8-13/h2-5,7,9-10,12-13H,6,8H2,1H3. The topological polar surface area (TPSA) is 17.1 Å². The Hall–Kier alpha value is -1.37. The van der Waals surface area contributed by atoms with Crippen LogP contribution in [0, 0.1) is 12.8 Å². The van der Waals surface area contributed by atoms with Crippen molar-refractivity contribution in [1.82, 2.24) is 0 Å². The number of carbonyl (C=O) groups is 1. The van der Waals surface area contributed by atoms with Gasteiger partial charge >= 0.3 is 0 Å². The smallest absolute Gasteiger partial charge is 0.126 e. The highest BCUT2D eigenvalue weighted by Gasteiger charge is 2.16. The molecular formula is C14H16O. The molecule has 2 unspecified atom stereocenters. The van der Waals surface area contributed by atoms with E-state index in [9.17, 15) is 4.79 Å². The third-order valence-corrected chi connectivity index (χ3v) is 3.05. The minimum Gasteiger partial charge on any atom is -0.303 e. The molecule has 0 amide bonds. The van der Waals surface area contributed by atoms with Gasteiger partial charge in [0, 0.05) is 11.8 Å². The molecule has 1 nitrogen and oxygen atoms in total. The number of hydrogen-bond acceptors (Lipinski definition) is 1. The average Bonchev–Trinajstić information content (AvgIpc) is 2.29. The fourth-order valence-corrected chi connectivity index (χ4v) is 2.13. The fourth-order valence-electron chi connectivity index (χ4n) is 2.13. The quantitative estimate of drug-likeness (QED) is 0.529. The Labute approximate surface area is 90.8 Å². The summed E-state index contributed by atoms with van der Waals surface area (Å²) < 4.78 is 0. The van der Waals surface area contributed by atoms with Gasteiger partial charge in [0.1, 0.15) is 6.29 Å². The van der Waals surface area contributed by atoms with Crippen LogP contribution in [0.3, 0.4) is 0 Å². The van der Waals surface area contributed by atoms with Crippen LogP contribution in [0.15, 0.2) is 36.4 Å². The molecule has 0 bridgehead atoms. The lowest BCUT2D eigenvalue weighted by Gasteiger charge is -2.20. The highest BCUT2D eigenvalue weighted by molar-refractivity contribution is 5.57. The molecular weight excluding hydrogens is 184 g/mol. The van der Waals surface area contributed by atoms with Gasteiger partial charge in [0.15, 0.2) is 0 Å². The lowest BCUT2D eigenvalue weighted by Crippen LogP contribution is -2.08. The number of rotatable bonds is 2. The number of aldehydes is 1. The SMILES string of the molecule is Cc1cccc(C2C=CC(C=O)CC2)c1. The third kappa shape index (κ3) is 2.35. The Bertz CT molecular complexity index is 379. The zero-order valence-corrected chi connectivity index (χ0v) is 9.02. The Morgan fingerprint density at radius 1 is 1.27 bits per heavy atom. The van der Waals surface area contributed by atoms with Crippen molar-refractivity contribution in [2.24, 2.45) is 5.92 Å². The lowest BCUT2D eigenvalue weighted by atomic mass is 9.84. The van der Waals surface area contributed by atoms with Crippen molar-refractivity contribution in [1.29, 1.82) is 0 Å². The van der Waals surface area contributed by atoms with Crippen molar-refractivity contribution in [2.75, 3.05) is 0 Å². The van der Waals surface area contributed by atoms with Crippen LogP contribution in [0.5, 0.6) is 0 Å². The largest absolute Gasteiger partial charge is 0.303 e. The van der Waals surface area contributed by atoms with Crippen molar-refractivity contribution < 1.29 is 4.79 Å². The Balaban J connectivity index is 2.16. The monoisotopic (exact) mass is 200 g/mol. The molecule has 0 radical (unpaired) electrons. The molecule has 1 aliphatic rings. The molecule has 0 aromatic heterocycles. The molecule has 0 saturated carbocycles. The molecule has 0 saturated heterocycles. The normalized spacial score (nSPS) is 25.1. The van der Waals surface area contributed by atoms with Crippen LogP contribution in [0.25, 0.3) is 0 Å². The van der Waals surface area contributed by atoms with Gasteiger partial charge in [-0.1, -0.05) is 42.0 Å². The van der Waals surface area contributed by atoms with E-state index >= 15 is 0 Å². The van der Waals surface area contributed by atoms with Crippen LogP contribution in [0.1, 0.15) is 29.9 Å². The van der Waals surface area contributed by atoms with Gasteiger partial charge in [-0.2, -0.15) is 0 Å². The maximum Gasteiger partial charge on any atom is 0.126 e. The summed E-state index contributed by atoms with van der Waals surface area (Å²) in [6.07, 6.45) is 7.34. The Morgan fingerprint density at radius 3 is 2.73 bits per heavy atom. The van der Waals surface area contributed by atoms with E-state index in [2.05, 4.69) is 37.3 Å². The van der Waals surface area contributed by atoms with E-state index in [4.69, 9.17) is 0 Å². The van der Waals surface area contributed by atoms with Gasteiger partial charge in [-0.25, -0.2) is 0 Å². The van der Waals surface area contributed by atoms with Gasteiger partial charge in [0.25, 0.3) is 0 Å². The first-order chi connectivity index (χ1) is 7.29. The molecule has 2 rings (SSSR count). The molecule has 2 atom stereocenters. The molecule has 0 aliphatic heterocycles. The van der Waals surface area contributed by atoms with E-state index < -0.39 is 0 Å². The molecule has 0 N–H and O–H groups in total. The molecule has 0 heterocycles. The number of hydrogen-bond donors (Lipinski definition) is 0. The Kier molecular flexibility index (Phi) is 3.00. The minimum absolute atomic E-state index is 0.144. The highest BCUT2D eigenvalue weighted by Crippen LogP contribution is 2.29. The van der Waals surface area contributed by atoms with Crippen LogP contribution in [0.2, 0.25) is 0 Å². The highest BCUT2D eigenvalue weighted by atomic mass is 16.1. The number of benzene rings is 1. The summed E-state index contributed by atoms with van der Waals surface area (Å²) in [5.74, 6) is 0.646. The third-order valence-electron chi connectivity index (χ3n) is 3.05. The summed E-state index contributed by atoms with van der Waals surface area (Å²) in [6, 6.07) is 8.62. The molecule has 1 aromatic rings. The van der Waals surface area contributed by atoms with Gasteiger partial charge in [-0.3, -0.25) is 0 Å². The summed E-state index contributed by atoms with van der Waals surface area (Å²) >= 11 is 0. The van der Waals surface area contributed by atoms with E-state index in [0.717, 1.165) is 19.1 Å². The second-order valence-electron chi connectivity index (χ2n) is 4.28. The van der Waals surface area contributed by atoms with E-state index in [1.807, 2.05) is 6.08 Å². The van der Waals surface area contributed by atoms with E-state index in [-0.39, 0.29) is 5.92 Å². The van der Waals surface area contributed by atoms with Crippen molar-refractivity contribution in [2.45, 2.75) is 25.7 Å². The van der Waals surface area contributed by atoms with Crippen LogP contribution >= 0.6 is 0 Å². The number of aryl methyl sites for hydroxylation is 1. The number of allylic oxidation sites excluding steroid dienone is 2. The summed E-state index contributed by atoms with van der Waals surface area (Å²) in [4.78, 5) is 10.6. The van der Waals surface area contributed by atoms with Crippen LogP contribution in [-0.4, -0.2) is 6.29 Å². The lowest BCUT2D eigenvalue weighted by molar-refractivity contribution is -0.110. The van der Waals surface area contributed by atoms with Crippen LogP contribution in [-0.2, 0) is 4.79 Å². The maximum absolute atomic E-state index is 10.6. The molecule has 1 heteroatoms. The fraction of sp³-hybridized carbons (Fsp3) is 0.357. The first-order valence-corrected chi connectivity index (χ1v) is 5.50. The zero-order valence-electron chi connectivity index (χ0n) is 9.02. The summed E-state index contributed by atoms with van der Waals surface area (Å²) in [5, 5.41) is 0. The van der Waals surface area contributed by atoms with E-state index in [1.54, 1.807) is 0 Å². The summed E-state index contributed by atoms with van der Waals surface area (Å²) in [5.41, 5.74) is 2.68. The Morgan fingerprint density at radius 2 is 2.13 bits per heavy atom. The van der Waals surface area contributed by atoms with Gasteiger partial charge in [-0.15, -0.1) is 0 Å². The van der Waals surface area contributed by atoms with Crippen molar-refractivity contribution in [3.8, 4) is 0 Å². The van der Waals surface area contributed by atoms with Gasteiger partial charge < -0.3 is 4.79 Å². The second kappa shape index (κ2) is 4.43. The van der Waals surface area contributed by atoms with Crippen molar-refractivity contribution in [3.63, 3.8) is 0 Å². The minimum atomic E-state index is 0.144. The predicted molar refractivity (Wildman–Crippen MR) is 61.8 cm³/mol. The number of carbonyl (C=O) groups excluding carboxylic acids is 1. The van der Waals surface area contributed by atoms with E-state index in [0.29, 0.717) is 5.92 Å². The van der Waals surface area contributed by atoms with E-state index in [1.165, 1.54) is 11.1 Å². The predicted octanol–water partition coefficient (Wildman–Crippen LogP) is 3.24.